The zero-order valence-corrected chi connectivity index (χ0v) is 10.8. The number of nitrogens with zero attached hydrogens (tertiary/aromatic N) is 1. The fourth-order valence-electron chi connectivity index (χ4n) is 0.682. The zero-order chi connectivity index (χ0) is 9.84. The minimum atomic E-state index is -0.916. The second-order valence-corrected chi connectivity index (χ2v) is 3.82. The Morgan fingerprint density at radius 1 is 1.50 bits per heavy atom. The molecule has 1 aromatic rings. The Morgan fingerprint density at radius 2 is 2.14 bits per heavy atom. The molecule has 0 aliphatic carbocycles. The molecule has 0 spiro atoms. The second-order valence-electron chi connectivity index (χ2n) is 2.22. The standard InChI is InChI=1S/C7H6Br2N2O2.ClH/c8-4-1-2-5(11-7(4)9)10-3-6(12)13;/h1-2H,3H2,(H,10,11)(H,12,13);1H. The van der Waals surface area contributed by atoms with E-state index in [9.17, 15) is 4.79 Å². The van der Waals surface area contributed by atoms with Gasteiger partial charge >= 0.3 is 5.97 Å². The minimum Gasteiger partial charge on any atom is -0.480 e. The van der Waals surface area contributed by atoms with E-state index in [2.05, 4.69) is 42.2 Å². The van der Waals surface area contributed by atoms with E-state index in [-0.39, 0.29) is 19.0 Å². The van der Waals surface area contributed by atoms with Crippen LogP contribution in [-0.4, -0.2) is 22.6 Å². The van der Waals surface area contributed by atoms with E-state index in [1.54, 1.807) is 12.1 Å². The first kappa shape index (κ1) is 13.7. The molecule has 1 rings (SSSR count). The molecule has 0 unspecified atom stereocenters. The molecule has 7 heteroatoms. The lowest BCUT2D eigenvalue weighted by Gasteiger charge is -2.02. The predicted octanol–water partition coefficient (Wildman–Crippen LogP) is 2.52. The second kappa shape index (κ2) is 6.21. The molecule has 0 radical (unpaired) electrons. The summed E-state index contributed by atoms with van der Waals surface area (Å²) >= 11 is 6.46. The lowest BCUT2D eigenvalue weighted by atomic mass is 10.4. The minimum absolute atomic E-state index is 0. The number of carbonyl (C=O) groups is 1. The van der Waals surface area contributed by atoms with Gasteiger partial charge in [0.05, 0.1) is 4.47 Å². The average molecular weight is 346 g/mol. The van der Waals surface area contributed by atoms with Gasteiger partial charge in [-0.05, 0) is 44.0 Å². The van der Waals surface area contributed by atoms with E-state index in [0.717, 1.165) is 4.47 Å². The van der Waals surface area contributed by atoms with Crippen LogP contribution in [0.5, 0.6) is 0 Å². The highest BCUT2D eigenvalue weighted by atomic mass is 79.9. The number of aromatic nitrogens is 1. The normalized spacial score (nSPS) is 9.00. The smallest absolute Gasteiger partial charge is 0.322 e. The van der Waals surface area contributed by atoms with Crippen molar-refractivity contribution in [2.75, 3.05) is 11.9 Å². The SMILES string of the molecule is Cl.O=C(O)CNc1ccc(Br)c(Br)n1. The maximum atomic E-state index is 10.2. The number of anilines is 1. The van der Waals surface area contributed by atoms with Gasteiger partial charge in [0.25, 0.3) is 0 Å². The molecule has 14 heavy (non-hydrogen) atoms. The van der Waals surface area contributed by atoms with E-state index in [1.807, 2.05) is 0 Å². The Labute approximate surface area is 104 Å². The van der Waals surface area contributed by atoms with E-state index in [0.29, 0.717) is 10.4 Å². The summed E-state index contributed by atoms with van der Waals surface area (Å²) in [6.07, 6.45) is 0. The number of nitrogens with one attached hydrogen (secondary N) is 1. The fourth-order valence-corrected chi connectivity index (χ4v) is 1.23. The van der Waals surface area contributed by atoms with Gasteiger partial charge in [-0.3, -0.25) is 4.79 Å². The maximum Gasteiger partial charge on any atom is 0.322 e. The number of aliphatic carboxylic acids is 1. The summed E-state index contributed by atoms with van der Waals surface area (Å²) in [7, 11) is 0. The number of rotatable bonds is 3. The van der Waals surface area contributed by atoms with Gasteiger partial charge in [-0.1, -0.05) is 0 Å². The van der Waals surface area contributed by atoms with Gasteiger partial charge in [0.2, 0.25) is 0 Å². The zero-order valence-electron chi connectivity index (χ0n) is 6.83. The third kappa shape index (κ3) is 4.26. The van der Waals surface area contributed by atoms with E-state index >= 15 is 0 Å². The van der Waals surface area contributed by atoms with Gasteiger partial charge in [0.15, 0.2) is 0 Å². The van der Waals surface area contributed by atoms with Crippen molar-refractivity contribution in [2.45, 2.75) is 0 Å². The third-order valence-electron chi connectivity index (χ3n) is 1.22. The molecule has 2 N–H and O–H groups in total. The Morgan fingerprint density at radius 3 is 2.64 bits per heavy atom. The quantitative estimate of drug-likeness (QED) is 0.826. The molecule has 0 bridgehead atoms. The fraction of sp³-hybridized carbons (Fsp3) is 0.143. The van der Waals surface area contributed by atoms with Crippen molar-refractivity contribution < 1.29 is 9.90 Å². The number of pyridine rings is 1. The topological polar surface area (TPSA) is 62.2 Å². The number of hydrogen-bond acceptors (Lipinski definition) is 3. The van der Waals surface area contributed by atoms with Crippen molar-refractivity contribution in [2.24, 2.45) is 0 Å². The van der Waals surface area contributed by atoms with Crippen LogP contribution < -0.4 is 5.32 Å². The van der Waals surface area contributed by atoms with Crippen LogP contribution in [0.15, 0.2) is 21.2 Å². The van der Waals surface area contributed by atoms with Crippen LogP contribution in [0.2, 0.25) is 0 Å². The number of carboxylic acid groups (broad SMARTS) is 1. The lowest BCUT2D eigenvalue weighted by molar-refractivity contribution is -0.134. The summed E-state index contributed by atoms with van der Waals surface area (Å²) in [5.74, 6) is -0.390. The maximum absolute atomic E-state index is 10.2. The Kier molecular flexibility index (Phi) is 6.06. The molecule has 0 saturated heterocycles. The molecule has 0 fully saturated rings. The van der Waals surface area contributed by atoms with Crippen LogP contribution >= 0.6 is 44.3 Å². The van der Waals surface area contributed by atoms with E-state index in [4.69, 9.17) is 5.11 Å². The average Bonchev–Trinajstić information content (AvgIpc) is 2.07. The highest BCUT2D eigenvalue weighted by Gasteiger charge is 2.01. The largest absolute Gasteiger partial charge is 0.480 e. The highest BCUT2D eigenvalue weighted by Crippen LogP contribution is 2.21. The van der Waals surface area contributed by atoms with Crippen molar-refractivity contribution in [1.29, 1.82) is 0 Å². The molecule has 4 nitrogen and oxygen atoms in total. The molecule has 0 saturated carbocycles. The number of halogens is 3. The predicted molar refractivity (Wildman–Crippen MR) is 63.0 cm³/mol. The van der Waals surface area contributed by atoms with Gasteiger partial charge in [-0.15, -0.1) is 12.4 Å². The molecule has 0 atom stereocenters. The first-order valence-corrected chi connectivity index (χ1v) is 4.96. The van der Waals surface area contributed by atoms with Gasteiger partial charge < -0.3 is 10.4 Å². The van der Waals surface area contributed by atoms with Crippen LogP contribution in [0.4, 0.5) is 5.82 Å². The summed E-state index contributed by atoms with van der Waals surface area (Å²) in [4.78, 5) is 14.3. The van der Waals surface area contributed by atoms with Gasteiger partial charge in [0, 0.05) is 0 Å². The molecule has 0 aliphatic rings. The summed E-state index contributed by atoms with van der Waals surface area (Å²) < 4.78 is 1.47. The van der Waals surface area contributed by atoms with Crippen molar-refractivity contribution >= 4 is 56.1 Å². The van der Waals surface area contributed by atoms with Gasteiger partial charge in [-0.2, -0.15) is 0 Å². The molecular formula is C7H7Br2ClN2O2. The van der Waals surface area contributed by atoms with Gasteiger partial charge in [-0.25, -0.2) is 4.98 Å². The van der Waals surface area contributed by atoms with Crippen LogP contribution in [0.3, 0.4) is 0 Å². The van der Waals surface area contributed by atoms with Crippen LogP contribution in [-0.2, 0) is 4.79 Å². The van der Waals surface area contributed by atoms with Gasteiger partial charge in [0.1, 0.15) is 17.0 Å². The summed E-state index contributed by atoms with van der Waals surface area (Å²) in [6, 6.07) is 3.47. The third-order valence-corrected chi connectivity index (χ3v) is 3.00. The molecule has 0 aliphatic heterocycles. The highest BCUT2D eigenvalue weighted by molar-refractivity contribution is 9.13. The first-order valence-electron chi connectivity index (χ1n) is 3.37. The number of hydrogen-bond donors (Lipinski definition) is 2. The van der Waals surface area contributed by atoms with Crippen molar-refractivity contribution in [3.63, 3.8) is 0 Å². The lowest BCUT2D eigenvalue weighted by Crippen LogP contribution is -2.13. The monoisotopic (exact) mass is 344 g/mol. The first-order chi connectivity index (χ1) is 6.09. The van der Waals surface area contributed by atoms with E-state index < -0.39 is 5.97 Å². The Balaban J connectivity index is 0.00000169. The van der Waals surface area contributed by atoms with Crippen LogP contribution in [0.25, 0.3) is 0 Å². The van der Waals surface area contributed by atoms with E-state index in [1.165, 1.54) is 0 Å². The Hall–Kier alpha value is -0.330. The van der Waals surface area contributed by atoms with Crippen LogP contribution in [0.1, 0.15) is 0 Å². The number of carboxylic acids is 1. The van der Waals surface area contributed by atoms with Crippen molar-refractivity contribution in [3.05, 3.63) is 21.2 Å². The molecule has 0 aromatic carbocycles. The molecule has 1 aromatic heterocycles. The summed E-state index contributed by atoms with van der Waals surface area (Å²) in [5, 5.41) is 11.0. The molecule has 0 amide bonds. The van der Waals surface area contributed by atoms with Crippen molar-refractivity contribution in [1.82, 2.24) is 4.98 Å². The summed E-state index contributed by atoms with van der Waals surface area (Å²) in [5.41, 5.74) is 0. The molecule has 78 valence electrons. The summed E-state index contributed by atoms with van der Waals surface area (Å²) in [6.45, 7) is -0.138. The molecule has 1 heterocycles. The van der Waals surface area contributed by atoms with Crippen molar-refractivity contribution in [3.8, 4) is 0 Å². The van der Waals surface area contributed by atoms with Crippen LogP contribution in [0, 0.1) is 0 Å². The molecular weight excluding hydrogens is 339 g/mol. The Bertz CT molecular complexity index is 335.